The number of amides is 2. The molecule has 1 spiro atoms. The van der Waals surface area contributed by atoms with Crippen molar-refractivity contribution < 1.29 is 14.3 Å². The topological polar surface area (TPSA) is 62.7 Å². The van der Waals surface area contributed by atoms with Crippen molar-refractivity contribution in [2.75, 3.05) is 18.5 Å². The SMILES string of the molecule is CC(C)c1ccc(N2C[C@@]34C=C[C@@H](O3)C(C(=O)N(C)Cc3nccs3)C4C2=O)cc1. The van der Waals surface area contributed by atoms with Crippen LogP contribution in [0.3, 0.4) is 0 Å². The van der Waals surface area contributed by atoms with E-state index >= 15 is 0 Å². The van der Waals surface area contributed by atoms with Crippen LogP contribution in [0.2, 0.25) is 0 Å². The number of anilines is 1. The number of carbonyl (C=O) groups is 2. The fraction of sp³-hybridized carbons (Fsp3) is 0.435. The van der Waals surface area contributed by atoms with Crippen molar-refractivity contribution in [1.29, 1.82) is 0 Å². The van der Waals surface area contributed by atoms with Gasteiger partial charge in [0.05, 0.1) is 31.0 Å². The normalized spacial score (nSPS) is 29.1. The lowest BCUT2D eigenvalue weighted by molar-refractivity contribution is -0.139. The van der Waals surface area contributed by atoms with E-state index in [9.17, 15) is 9.59 Å². The summed E-state index contributed by atoms with van der Waals surface area (Å²) in [7, 11) is 1.77. The first-order valence-corrected chi connectivity index (χ1v) is 11.2. The van der Waals surface area contributed by atoms with Crippen LogP contribution in [-0.2, 0) is 20.9 Å². The zero-order valence-corrected chi connectivity index (χ0v) is 18.1. The number of rotatable bonds is 5. The minimum absolute atomic E-state index is 0.0276. The summed E-state index contributed by atoms with van der Waals surface area (Å²) < 4.78 is 6.25. The van der Waals surface area contributed by atoms with E-state index in [1.807, 2.05) is 29.7 Å². The molecule has 2 bridgehead atoms. The monoisotopic (exact) mass is 423 g/mol. The van der Waals surface area contributed by atoms with Gasteiger partial charge in [-0.25, -0.2) is 4.98 Å². The lowest BCUT2D eigenvalue weighted by Gasteiger charge is -2.27. The number of ether oxygens (including phenoxy) is 1. The second-order valence-corrected chi connectivity index (χ2v) is 9.67. The molecule has 0 saturated carbocycles. The highest BCUT2D eigenvalue weighted by molar-refractivity contribution is 7.09. The number of fused-ring (bicyclic) bond motifs is 1. The highest BCUT2D eigenvalue weighted by Crippen LogP contribution is 2.53. The van der Waals surface area contributed by atoms with Gasteiger partial charge in [0.2, 0.25) is 11.8 Å². The average Bonchev–Trinajstić information content (AvgIpc) is 3.50. The van der Waals surface area contributed by atoms with E-state index in [0.29, 0.717) is 19.0 Å². The highest BCUT2D eigenvalue weighted by atomic mass is 32.1. The van der Waals surface area contributed by atoms with Gasteiger partial charge in [0, 0.05) is 24.3 Å². The quantitative estimate of drug-likeness (QED) is 0.693. The molecule has 5 rings (SSSR count). The maximum atomic E-state index is 13.5. The molecule has 0 radical (unpaired) electrons. The Morgan fingerprint density at radius 3 is 2.80 bits per heavy atom. The Kier molecular flexibility index (Phi) is 4.56. The fourth-order valence-electron chi connectivity index (χ4n) is 4.90. The second kappa shape index (κ2) is 7.03. The Bertz CT molecular complexity index is 1000. The summed E-state index contributed by atoms with van der Waals surface area (Å²) in [6.45, 7) is 5.19. The molecule has 1 aromatic heterocycles. The van der Waals surface area contributed by atoms with Crippen LogP contribution in [0.1, 0.15) is 30.3 Å². The van der Waals surface area contributed by atoms with Crippen LogP contribution in [0.4, 0.5) is 5.69 Å². The molecule has 2 fully saturated rings. The fourth-order valence-corrected chi connectivity index (χ4v) is 5.57. The van der Waals surface area contributed by atoms with Crippen molar-refractivity contribution >= 4 is 28.8 Å². The Labute approximate surface area is 180 Å². The predicted molar refractivity (Wildman–Crippen MR) is 115 cm³/mol. The molecule has 4 heterocycles. The number of aromatic nitrogens is 1. The third kappa shape index (κ3) is 2.91. The smallest absolute Gasteiger partial charge is 0.234 e. The Morgan fingerprint density at radius 1 is 1.37 bits per heavy atom. The number of thiazole rings is 1. The van der Waals surface area contributed by atoms with Gasteiger partial charge in [-0.1, -0.05) is 38.1 Å². The van der Waals surface area contributed by atoms with E-state index in [-0.39, 0.29) is 17.9 Å². The van der Waals surface area contributed by atoms with Crippen molar-refractivity contribution in [2.45, 2.75) is 38.0 Å². The zero-order valence-electron chi connectivity index (χ0n) is 17.3. The molecule has 156 valence electrons. The lowest BCUT2D eigenvalue weighted by Crippen LogP contribution is -2.44. The summed E-state index contributed by atoms with van der Waals surface area (Å²) in [6.07, 6.45) is 5.35. The first-order chi connectivity index (χ1) is 14.4. The van der Waals surface area contributed by atoms with Crippen LogP contribution >= 0.6 is 11.3 Å². The van der Waals surface area contributed by atoms with Gasteiger partial charge in [0.25, 0.3) is 0 Å². The molecule has 2 amide bonds. The molecule has 2 aromatic rings. The van der Waals surface area contributed by atoms with Gasteiger partial charge >= 0.3 is 0 Å². The van der Waals surface area contributed by atoms with E-state index in [2.05, 4.69) is 31.0 Å². The minimum atomic E-state index is -0.708. The maximum absolute atomic E-state index is 13.5. The first-order valence-electron chi connectivity index (χ1n) is 10.3. The molecule has 2 saturated heterocycles. The lowest BCUT2D eigenvalue weighted by atomic mass is 9.76. The largest absolute Gasteiger partial charge is 0.360 e. The molecule has 2 unspecified atom stereocenters. The standard InChI is InChI=1S/C23H25N3O3S/c1-14(2)15-4-6-16(7-5-15)26-13-23-9-8-17(29-23)19(20(23)22(26)28)21(27)25(3)12-18-24-10-11-30-18/h4-11,14,17,19-20H,12-13H2,1-3H3/t17-,19?,20?,23-/m1/s1. The molecule has 3 aliphatic heterocycles. The third-order valence-electron chi connectivity index (χ3n) is 6.49. The summed E-state index contributed by atoms with van der Waals surface area (Å²) in [5, 5.41) is 2.78. The third-order valence-corrected chi connectivity index (χ3v) is 7.25. The molecule has 4 atom stereocenters. The van der Waals surface area contributed by atoms with Gasteiger partial charge in [-0.2, -0.15) is 0 Å². The summed E-state index contributed by atoms with van der Waals surface area (Å²) in [5.41, 5.74) is 1.38. The molecule has 0 N–H and O–H groups in total. The van der Waals surface area contributed by atoms with E-state index in [1.54, 1.807) is 23.0 Å². The van der Waals surface area contributed by atoms with Crippen molar-refractivity contribution in [3.8, 4) is 0 Å². The minimum Gasteiger partial charge on any atom is -0.360 e. The molecule has 0 aliphatic carbocycles. The van der Waals surface area contributed by atoms with Gasteiger partial charge in [0.15, 0.2) is 0 Å². The van der Waals surface area contributed by atoms with E-state index in [0.717, 1.165) is 10.7 Å². The molecule has 7 heteroatoms. The molecule has 30 heavy (non-hydrogen) atoms. The van der Waals surface area contributed by atoms with Crippen molar-refractivity contribution in [2.24, 2.45) is 11.8 Å². The second-order valence-electron chi connectivity index (χ2n) is 8.69. The first kappa shape index (κ1) is 19.5. The Balaban J connectivity index is 1.40. The Hall–Kier alpha value is -2.51. The van der Waals surface area contributed by atoms with Crippen LogP contribution < -0.4 is 4.90 Å². The number of hydrogen-bond donors (Lipinski definition) is 0. The zero-order chi connectivity index (χ0) is 21.0. The molecule has 3 aliphatic rings. The number of nitrogens with zero attached hydrogens (tertiary/aromatic N) is 3. The molecular weight excluding hydrogens is 398 g/mol. The van der Waals surface area contributed by atoms with E-state index < -0.39 is 17.4 Å². The van der Waals surface area contributed by atoms with Gasteiger partial charge in [0.1, 0.15) is 10.6 Å². The summed E-state index contributed by atoms with van der Waals surface area (Å²) in [4.78, 5) is 34.5. The molecule has 1 aromatic carbocycles. The van der Waals surface area contributed by atoms with Crippen molar-refractivity contribution in [3.63, 3.8) is 0 Å². The van der Waals surface area contributed by atoms with Gasteiger partial charge in [-0.15, -0.1) is 11.3 Å². The van der Waals surface area contributed by atoms with Gasteiger partial charge < -0.3 is 14.5 Å². The molecule has 6 nitrogen and oxygen atoms in total. The van der Waals surface area contributed by atoms with Crippen molar-refractivity contribution in [3.05, 3.63) is 58.6 Å². The predicted octanol–water partition coefficient (Wildman–Crippen LogP) is 3.21. The van der Waals surface area contributed by atoms with Crippen molar-refractivity contribution in [1.82, 2.24) is 9.88 Å². The average molecular weight is 424 g/mol. The molecular formula is C23H25N3O3S. The van der Waals surface area contributed by atoms with Crippen LogP contribution in [0, 0.1) is 11.8 Å². The summed E-state index contributed by atoms with van der Waals surface area (Å²) in [6, 6.07) is 8.12. The Morgan fingerprint density at radius 2 is 2.13 bits per heavy atom. The van der Waals surface area contributed by atoms with E-state index in [4.69, 9.17) is 4.74 Å². The number of hydrogen-bond acceptors (Lipinski definition) is 5. The van der Waals surface area contributed by atoms with Crippen LogP contribution in [-0.4, -0.2) is 47.0 Å². The van der Waals surface area contributed by atoms with E-state index in [1.165, 1.54) is 16.9 Å². The number of carbonyl (C=O) groups excluding carboxylic acids is 2. The van der Waals surface area contributed by atoms with Gasteiger partial charge in [-0.05, 0) is 23.6 Å². The number of benzene rings is 1. The van der Waals surface area contributed by atoms with Crippen LogP contribution in [0.15, 0.2) is 48.0 Å². The van der Waals surface area contributed by atoms with Gasteiger partial charge in [-0.3, -0.25) is 9.59 Å². The van der Waals surface area contributed by atoms with Crippen LogP contribution in [0.25, 0.3) is 0 Å². The maximum Gasteiger partial charge on any atom is 0.234 e. The summed E-state index contributed by atoms with van der Waals surface area (Å²) in [5.74, 6) is -0.628. The van der Waals surface area contributed by atoms with Crippen LogP contribution in [0.5, 0.6) is 0 Å². The highest BCUT2D eigenvalue weighted by Gasteiger charge is 2.67. The summed E-state index contributed by atoms with van der Waals surface area (Å²) >= 11 is 1.52.